The fourth-order valence-corrected chi connectivity index (χ4v) is 3.94. The van der Waals surface area contributed by atoms with Gasteiger partial charge in [-0.1, -0.05) is 0 Å². The summed E-state index contributed by atoms with van der Waals surface area (Å²) in [5.41, 5.74) is 1.27. The highest BCUT2D eigenvalue weighted by molar-refractivity contribution is 5.48. The Bertz CT molecular complexity index is 501. The average Bonchev–Trinajstić information content (AvgIpc) is 2.73. The molecule has 0 aliphatic heterocycles. The van der Waals surface area contributed by atoms with E-state index >= 15 is 0 Å². The lowest BCUT2D eigenvalue weighted by Crippen LogP contribution is -3.00. The molecule has 0 fully saturated rings. The second kappa shape index (κ2) is 15.9. The lowest BCUT2D eigenvalue weighted by Gasteiger charge is -2.37. The number of nitrogens with zero attached hydrogens (tertiary/aromatic N) is 3. The van der Waals surface area contributed by atoms with E-state index in [1.54, 1.807) is 0 Å². The van der Waals surface area contributed by atoms with E-state index in [1.807, 2.05) is 0 Å². The number of hydrogen-bond acceptors (Lipinski definition) is 2. The zero-order chi connectivity index (χ0) is 20.3. The van der Waals surface area contributed by atoms with Crippen molar-refractivity contribution in [1.29, 1.82) is 0 Å². The molecule has 0 radical (unpaired) electrons. The van der Waals surface area contributed by atoms with Crippen LogP contribution in [0.15, 0.2) is 24.3 Å². The number of anilines is 1. The molecule has 0 unspecified atom stereocenters. The Kier molecular flexibility index (Phi) is 17.2. The SMILES string of the molecule is CC[N+](CC)(CC)CCOc1ccc(N(C)CC[N+](CC)(CC)CC)cc1.[I-].[I-]. The Morgan fingerprint density at radius 2 is 1.10 bits per heavy atom. The van der Waals surface area contributed by atoms with Crippen molar-refractivity contribution in [1.82, 2.24) is 0 Å². The van der Waals surface area contributed by atoms with Gasteiger partial charge in [0.15, 0.2) is 0 Å². The molecule has 0 N–H and O–H groups in total. The molecule has 1 aromatic carbocycles. The van der Waals surface area contributed by atoms with E-state index in [4.69, 9.17) is 4.74 Å². The summed E-state index contributed by atoms with van der Waals surface area (Å²) in [5, 5.41) is 0. The normalized spacial score (nSPS) is 11.4. The van der Waals surface area contributed by atoms with Gasteiger partial charge in [-0.2, -0.15) is 0 Å². The van der Waals surface area contributed by atoms with Gasteiger partial charge in [-0.05, 0) is 65.8 Å². The number of halogens is 2. The molecule has 0 saturated carbocycles. The van der Waals surface area contributed by atoms with Crippen molar-refractivity contribution in [3.8, 4) is 5.75 Å². The molecule has 0 heterocycles. The molecule has 1 aromatic rings. The minimum absolute atomic E-state index is 0. The molecule has 0 saturated heterocycles. The summed E-state index contributed by atoms with van der Waals surface area (Å²) in [6.45, 7) is 25.1. The highest BCUT2D eigenvalue weighted by Crippen LogP contribution is 2.19. The Hall–Kier alpha value is 0.200. The van der Waals surface area contributed by atoms with Crippen molar-refractivity contribution in [3.63, 3.8) is 0 Å². The summed E-state index contributed by atoms with van der Waals surface area (Å²) in [6, 6.07) is 8.61. The molecule has 1 rings (SSSR count). The minimum Gasteiger partial charge on any atom is -1.00 e. The van der Waals surface area contributed by atoms with Crippen LogP contribution in [-0.2, 0) is 0 Å². The van der Waals surface area contributed by atoms with Gasteiger partial charge in [0.25, 0.3) is 0 Å². The Morgan fingerprint density at radius 1 is 0.690 bits per heavy atom. The van der Waals surface area contributed by atoms with E-state index in [0.717, 1.165) is 29.9 Å². The minimum atomic E-state index is 0. The lowest BCUT2D eigenvalue weighted by molar-refractivity contribution is -0.923. The molecule has 0 aliphatic rings. The first-order valence-electron chi connectivity index (χ1n) is 11.1. The summed E-state index contributed by atoms with van der Waals surface area (Å²) in [7, 11) is 2.20. The van der Waals surface area contributed by atoms with Crippen LogP contribution in [0.2, 0.25) is 0 Å². The van der Waals surface area contributed by atoms with E-state index in [9.17, 15) is 0 Å². The summed E-state index contributed by atoms with van der Waals surface area (Å²) in [4.78, 5) is 2.37. The van der Waals surface area contributed by atoms with Gasteiger partial charge in [-0.25, -0.2) is 0 Å². The molecule has 0 aliphatic carbocycles. The van der Waals surface area contributed by atoms with Crippen LogP contribution >= 0.6 is 0 Å². The van der Waals surface area contributed by atoms with Crippen LogP contribution in [0.5, 0.6) is 5.75 Å². The van der Waals surface area contributed by atoms with Crippen molar-refractivity contribution in [3.05, 3.63) is 24.3 Å². The van der Waals surface area contributed by atoms with E-state index in [1.165, 1.54) is 56.0 Å². The van der Waals surface area contributed by atoms with Gasteiger partial charge >= 0.3 is 0 Å². The summed E-state index contributed by atoms with van der Waals surface area (Å²) >= 11 is 0. The zero-order valence-electron chi connectivity index (χ0n) is 19.9. The van der Waals surface area contributed by atoms with Gasteiger partial charge in [0, 0.05) is 12.7 Å². The summed E-state index contributed by atoms with van der Waals surface area (Å²) in [6.07, 6.45) is 0. The molecule has 6 heteroatoms. The number of quaternary nitrogens is 2. The predicted octanol–water partition coefficient (Wildman–Crippen LogP) is -1.74. The highest BCUT2D eigenvalue weighted by atomic mass is 127. The fourth-order valence-electron chi connectivity index (χ4n) is 3.94. The number of benzene rings is 1. The molecular weight excluding hydrogens is 588 g/mol. The Balaban J connectivity index is 0. The molecule has 4 nitrogen and oxygen atoms in total. The van der Waals surface area contributed by atoms with Gasteiger partial charge in [-0.15, -0.1) is 0 Å². The summed E-state index contributed by atoms with van der Waals surface area (Å²) in [5.74, 6) is 0.981. The standard InChI is InChI=1S/C23H45N3O.2HI/c1-8-25(9-2,10-3)19-18-24(7)22-14-16-23(17-15-22)27-21-20-26(11-4,12-5)13-6;;/h14-17H,8-13,18-21H2,1-7H3;2*1H/q+2;;/p-2. The molecule has 0 bridgehead atoms. The molecule has 29 heavy (non-hydrogen) atoms. The molecular formula is C23H45I2N3O. The first-order valence-corrected chi connectivity index (χ1v) is 11.1. The lowest BCUT2D eigenvalue weighted by atomic mass is 10.2. The molecule has 0 atom stereocenters. The maximum Gasteiger partial charge on any atom is 0.137 e. The quantitative estimate of drug-likeness (QED) is 0.179. The van der Waals surface area contributed by atoms with Crippen LogP contribution < -0.4 is 57.6 Å². The first kappa shape index (κ1) is 31.4. The third-order valence-electron chi connectivity index (χ3n) is 7.05. The van der Waals surface area contributed by atoms with Gasteiger partial charge in [-0.3, -0.25) is 0 Å². The molecule has 172 valence electrons. The molecule has 0 spiro atoms. The van der Waals surface area contributed by atoms with Crippen LogP contribution in [0, 0.1) is 0 Å². The fraction of sp³-hybridized carbons (Fsp3) is 0.739. The van der Waals surface area contributed by atoms with Crippen molar-refractivity contribution >= 4 is 5.69 Å². The largest absolute Gasteiger partial charge is 1.00 e. The van der Waals surface area contributed by atoms with Crippen molar-refractivity contribution < 1.29 is 61.7 Å². The third-order valence-corrected chi connectivity index (χ3v) is 7.05. The monoisotopic (exact) mass is 633 g/mol. The van der Waals surface area contributed by atoms with Crippen LogP contribution in [-0.4, -0.2) is 81.5 Å². The second-order valence-electron chi connectivity index (χ2n) is 7.79. The van der Waals surface area contributed by atoms with E-state index in [-0.39, 0.29) is 48.0 Å². The smallest absolute Gasteiger partial charge is 0.137 e. The van der Waals surface area contributed by atoms with Crippen LogP contribution in [0.25, 0.3) is 0 Å². The van der Waals surface area contributed by atoms with Crippen molar-refractivity contribution in [2.75, 3.05) is 77.5 Å². The van der Waals surface area contributed by atoms with Gasteiger partial charge < -0.3 is 66.6 Å². The van der Waals surface area contributed by atoms with Crippen LogP contribution in [0.4, 0.5) is 5.69 Å². The maximum atomic E-state index is 6.03. The van der Waals surface area contributed by atoms with E-state index < -0.39 is 0 Å². The van der Waals surface area contributed by atoms with E-state index in [0.29, 0.717) is 0 Å². The Labute approximate surface area is 215 Å². The summed E-state index contributed by atoms with van der Waals surface area (Å²) < 4.78 is 8.36. The topological polar surface area (TPSA) is 12.5 Å². The van der Waals surface area contributed by atoms with Gasteiger partial charge in [0.1, 0.15) is 18.9 Å². The van der Waals surface area contributed by atoms with Crippen LogP contribution in [0.1, 0.15) is 41.5 Å². The van der Waals surface area contributed by atoms with Crippen molar-refractivity contribution in [2.24, 2.45) is 0 Å². The number of hydrogen-bond donors (Lipinski definition) is 0. The van der Waals surface area contributed by atoms with Crippen molar-refractivity contribution in [2.45, 2.75) is 41.5 Å². The maximum absolute atomic E-state index is 6.03. The average molecular weight is 633 g/mol. The molecule has 0 amide bonds. The number of ether oxygens (including phenoxy) is 1. The van der Waals surface area contributed by atoms with E-state index in [2.05, 4.69) is 77.8 Å². The zero-order valence-corrected chi connectivity index (χ0v) is 24.2. The predicted molar refractivity (Wildman–Crippen MR) is 119 cm³/mol. The number of rotatable bonds is 14. The third kappa shape index (κ3) is 9.47. The molecule has 0 aromatic heterocycles. The Morgan fingerprint density at radius 3 is 1.52 bits per heavy atom. The highest BCUT2D eigenvalue weighted by Gasteiger charge is 2.21. The van der Waals surface area contributed by atoms with Gasteiger partial charge in [0.05, 0.1) is 52.4 Å². The van der Waals surface area contributed by atoms with Crippen LogP contribution in [0.3, 0.4) is 0 Å². The number of likely N-dealkylation sites (N-methyl/N-ethyl adjacent to an activating group) is 3. The second-order valence-corrected chi connectivity index (χ2v) is 7.79. The first-order chi connectivity index (χ1) is 12.9. The van der Waals surface area contributed by atoms with Gasteiger partial charge in [0.2, 0.25) is 0 Å².